The van der Waals surface area contributed by atoms with Gasteiger partial charge in [0.2, 0.25) is 5.91 Å². The van der Waals surface area contributed by atoms with Crippen LogP contribution in [0.5, 0.6) is 0 Å². The van der Waals surface area contributed by atoms with Gasteiger partial charge < -0.3 is 4.42 Å². The number of nitrogens with one attached hydrogen (secondary N) is 1. The summed E-state index contributed by atoms with van der Waals surface area (Å²) < 4.78 is 34.0. The highest BCUT2D eigenvalue weighted by atomic mass is 32.2. The van der Waals surface area contributed by atoms with Crippen molar-refractivity contribution in [2.75, 3.05) is 11.9 Å². The van der Waals surface area contributed by atoms with Crippen LogP contribution in [0.2, 0.25) is 0 Å². The van der Waals surface area contributed by atoms with Gasteiger partial charge in [-0.15, -0.1) is 16.4 Å². The molecule has 4 heterocycles. The largest absolute Gasteiger partial charge is 0.401 e. The molecule has 27 heavy (non-hydrogen) atoms. The molecule has 142 valence electrons. The van der Waals surface area contributed by atoms with Crippen LogP contribution >= 0.6 is 11.3 Å². The maximum absolute atomic E-state index is 12.8. The lowest BCUT2D eigenvalue weighted by atomic mass is 10.2. The van der Waals surface area contributed by atoms with Crippen molar-refractivity contribution in [1.29, 1.82) is 0 Å². The summed E-state index contributed by atoms with van der Waals surface area (Å²) in [4.78, 5) is 12.6. The van der Waals surface area contributed by atoms with Crippen LogP contribution in [0.15, 0.2) is 38.4 Å². The van der Waals surface area contributed by atoms with Gasteiger partial charge in [-0.25, -0.2) is 8.42 Å². The number of nitrogens with zero attached hydrogens (tertiary/aromatic N) is 5. The number of carbonyl (C=O) groups excluding carboxylic acids is 1. The van der Waals surface area contributed by atoms with Crippen LogP contribution in [0, 0.1) is 0 Å². The van der Waals surface area contributed by atoms with Gasteiger partial charge in [0.1, 0.15) is 15.9 Å². The molecule has 1 N–H and O–H groups in total. The van der Waals surface area contributed by atoms with Gasteiger partial charge in [-0.2, -0.15) is 9.40 Å². The number of sulfonamides is 1. The van der Waals surface area contributed by atoms with Crippen molar-refractivity contribution in [3.8, 4) is 11.6 Å². The van der Waals surface area contributed by atoms with Crippen LogP contribution in [0.4, 0.5) is 6.01 Å². The van der Waals surface area contributed by atoms with Crippen molar-refractivity contribution in [2.24, 2.45) is 7.05 Å². The number of hydrogen-bond acceptors (Lipinski definition) is 8. The second-order valence-corrected chi connectivity index (χ2v) is 9.01. The van der Waals surface area contributed by atoms with E-state index in [0.29, 0.717) is 25.1 Å². The van der Waals surface area contributed by atoms with Gasteiger partial charge in [-0.1, -0.05) is 11.2 Å². The molecule has 1 amide bonds. The zero-order valence-corrected chi connectivity index (χ0v) is 15.9. The molecule has 1 unspecified atom stereocenters. The van der Waals surface area contributed by atoms with Crippen molar-refractivity contribution >= 4 is 33.3 Å². The van der Waals surface area contributed by atoms with Crippen LogP contribution in [-0.2, 0) is 21.9 Å². The average molecular weight is 408 g/mol. The molecule has 12 heteroatoms. The monoisotopic (exact) mass is 408 g/mol. The SMILES string of the molecule is Cn1nccc1-c1nnc(NC(=O)C2CCCN2S(=O)(=O)c2cccs2)o1. The molecule has 10 nitrogen and oxygen atoms in total. The smallest absolute Gasteiger partial charge is 0.322 e. The van der Waals surface area contributed by atoms with E-state index in [4.69, 9.17) is 4.42 Å². The van der Waals surface area contributed by atoms with E-state index in [9.17, 15) is 13.2 Å². The molecule has 1 atom stereocenters. The molecule has 1 fully saturated rings. The molecule has 1 aliphatic heterocycles. The molecule has 1 aliphatic rings. The summed E-state index contributed by atoms with van der Waals surface area (Å²) >= 11 is 1.13. The summed E-state index contributed by atoms with van der Waals surface area (Å²) in [7, 11) is -1.98. The van der Waals surface area contributed by atoms with Gasteiger partial charge >= 0.3 is 6.01 Å². The number of aryl methyl sites for hydroxylation is 1. The van der Waals surface area contributed by atoms with Gasteiger partial charge in [-0.05, 0) is 30.4 Å². The third-order valence-electron chi connectivity index (χ3n) is 4.26. The van der Waals surface area contributed by atoms with Crippen molar-refractivity contribution in [3.05, 3.63) is 29.8 Å². The van der Waals surface area contributed by atoms with Crippen LogP contribution < -0.4 is 5.32 Å². The Bertz CT molecular complexity index is 1060. The summed E-state index contributed by atoms with van der Waals surface area (Å²) in [5.41, 5.74) is 0.603. The number of rotatable bonds is 5. The van der Waals surface area contributed by atoms with Crippen molar-refractivity contribution in [3.63, 3.8) is 0 Å². The molecule has 4 rings (SSSR count). The number of thiophene rings is 1. The number of amides is 1. The normalized spacial score (nSPS) is 18.0. The van der Waals surface area contributed by atoms with Gasteiger partial charge in [-0.3, -0.25) is 14.8 Å². The van der Waals surface area contributed by atoms with Gasteiger partial charge in [0, 0.05) is 19.8 Å². The van der Waals surface area contributed by atoms with Gasteiger partial charge in [0.15, 0.2) is 0 Å². The Hall–Kier alpha value is -2.57. The molecule has 0 bridgehead atoms. The minimum atomic E-state index is -3.70. The standard InChI is InChI=1S/C15H16N6O4S2/c1-20-11(6-7-16-20)14-18-19-15(25-14)17-13(22)10-4-2-8-21(10)27(23,24)12-5-3-9-26-12/h3,5-7,9-10H,2,4,8H2,1H3,(H,17,19,22). The van der Waals surface area contributed by atoms with Crippen molar-refractivity contribution in [1.82, 2.24) is 24.3 Å². The van der Waals surface area contributed by atoms with E-state index in [2.05, 4.69) is 20.6 Å². The Kier molecular flexibility index (Phi) is 4.53. The summed E-state index contributed by atoms with van der Waals surface area (Å²) in [6.07, 6.45) is 2.62. The van der Waals surface area contributed by atoms with E-state index in [-0.39, 0.29) is 16.1 Å². The van der Waals surface area contributed by atoms with Gasteiger partial charge in [0.25, 0.3) is 15.9 Å². The number of carbonyl (C=O) groups is 1. The van der Waals surface area contributed by atoms with Crippen LogP contribution in [-0.4, -0.2) is 51.2 Å². The highest BCUT2D eigenvalue weighted by Gasteiger charge is 2.40. The lowest BCUT2D eigenvalue weighted by Gasteiger charge is -2.21. The lowest BCUT2D eigenvalue weighted by Crippen LogP contribution is -2.42. The Morgan fingerprint density at radius 3 is 2.93 bits per heavy atom. The van der Waals surface area contributed by atoms with E-state index in [1.54, 1.807) is 35.4 Å². The van der Waals surface area contributed by atoms with E-state index >= 15 is 0 Å². The zero-order chi connectivity index (χ0) is 19.0. The summed E-state index contributed by atoms with van der Waals surface area (Å²) in [6.45, 7) is 0.294. The van der Waals surface area contributed by atoms with Crippen LogP contribution in [0.3, 0.4) is 0 Å². The molecule has 0 aromatic carbocycles. The fourth-order valence-electron chi connectivity index (χ4n) is 2.97. The fourth-order valence-corrected chi connectivity index (χ4v) is 5.74. The minimum Gasteiger partial charge on any atom is -0.401 e. The maximum atomic E-state index is 12.8. The van der Waals surface area contributed by atoms with Crippen molar-refractivity contribution < 1.29 is 17.6 Å². The second kappa shape index (κ2) is 6.87. The Balaban J connectivity index is 1.51. The molecule has 1 saturated heterocycles. The third-order valence-corrected chi connectivity index (χ3v) is 7.54. The van der Waals surface area contributed by atoms with E-state index < -0.39 is 22.0 Å². The molecule has 3 aromatic heterocycles. The summed E-state index contributed by atoms with van der Waals surface area (Å²) in [5.74, 6) is -0.285. The predicted octanol–water partition coefficient (Wildman–Crippen LogP) is 1.32. The quantitative estimate of drug-likeness (QED) is 0.675. The summed E-state index contributed by atoms with van der Waals surface area (Å²) in [5, 5.41) is 15.9. The van der Waals surface area contributed by atoms with E-state index in [1.807, 2.05) is 0 Å². The first-order valence-electron chi connectivity index (χ1n) is 8.15. The van der Waals surface area contributed by atoms with Crippen molar-refractivity contribution in [2.45, 2.75) is 23.1 Å². The summed E-state index contributed by atoms with van der Waals surface area (Å²) in [6, 6.07) is 4.00. The molecule has 0 radical (unpaired) electrons. The molecular weight excluding hydrogens is 392 g/mol. The highest BCUT2D eigenvalue weighted by Crippen LogP contribution is 2.29. The molecule has 0 aliphatic carbocycles. The first-order chi connectivity index (χ1) is 13.0. The lowest BCUT2D eigenvalue weighted by molar-refractivity contribution is -0.119. The average Bonchev–Trinajstić information content (AvgIpc) is 3.41. The number of hydrogen-bond donors (Lipinski definition) is 1. The maximum Gasteiger partial charge on any atom is 0.322 e. The molecular formula is C15H16N6O4S2. The van der Waals surface area contributed by atoms with E-state index in [1.165, 1.54) is 10.4 Å². The molecule has 0 spiro atoms. The van der Waals surface area contributed by atoms with Gasteiger partial charge in [0.05, 0.1) is 0 Å². The first-order valence-corrected chi connectivity index (χ1v) is 10.5. The third kappa shape index (κ3) is 3.26. The predicted molar refractivity (Wildman–Crippen MR) is 96.4 cm³/mol. The zero-order valence-electron chi connectivity index (χ0n) is 14.3. The highest BCUT2D eigenvalue weighted by molar-refractivity contribution is 7.91. The number of anilines is 1. The van der Waals surface area contributed by atoms with E-state index in [0.717, 1.165) is 11.3 Å². The minimum absolute atomic E-state index is 0.0865. The Morgan fingerprint density at radius 1 is 1.37 bits per heavy atom. The second-order valence-electron chi connectivity index (χ2n) is 5.95. The van der Waals surface area contributed by atoms with Crippen LogP contribution in [0.25, 0.3) is 11.6 Å². The Labute approximate surface area is 158 Å². The topological polar surface area (TPSA) is 123 Å². The molecule has 3 aromatic rings. The van der Waals surface area contributed by atoms with Crippen LogP contribution in [0.1, 0.15) is 12.8 Å². The fraction of sp³-hybridized carbons (Fsp3) is 0.333. The molecule has 0 saturated carbocycles. The number of aromatic nitrogens is 4. The first kappa shape index (κ1) is 17.8. The Morgan fingerprint density at radius 2 is 2.22 bits per heavy atom.